The smallest absolute Gasteiger partial charge is 0.103 e. The van der Waals surface area contributed by atoms with Crippen molar-refractivity contribution >= 4 is 27.5 Å². The van der Waals surface area contributed by atoms with Crippen LogP contribution in [0.4, 0.5) is 0 Å². The molecule has 0 amide bonds. The second-order valence-electron chi connectivity index (χ2n) is 3.01. The van der Waals surface area contributed by atoms with Gasteiger partial charge in [0.05, 0.1) is 15.7 Å². The van der Waals surface area contributed by atoms with Gasteiger partial charge >= 0.3 is 0 Å². The molecule has 15 heavy (non-hydrogen) atoms. The highest BCUT2D eigenvalue weighted by Gasteiger charge is 2.10. The molecule has 2 rings (SSSR count). The van der Waals surface area contributed by atoms with Gasteiger partial charge in [0.15, 0.2) is 0 Å². The maximum atomic E-state index is 8.98. The number of H-pyrrole nitrogens is 1. The second kappa shape index (κ2) is 4.09. The van der Waals surface area contributed by atoms with E-state index in [9.17, 15) is 0 Å². The van der Waals surface area contributed by atoms with Crippen molar-refractivity contribution in [1.29, 1.82) is 5.26 Å². The summed E-state index contributed by atoms with van der Waals surface area (Å²) in [5.74, 6) is 0. The van der Waals surface area contributed by atoms with Gasteiger partial charge in [0, 0.05) is 11.2 Å². The Balaban J connectivity index is 2.55. The van der Waals surface area contributed by atoms with Crippen molar-refractivity contribution in [2.45, 2.75) is 0 Å². The molecule has 1 N–H and O–H groups in total. The van der Waals surface area contributed by atoms with E-state index in [0.717, 1.165) is 15.7 Å². The average Bonchev–Trinajstić information content (AvgIpc) is 2.61. The number of aromatic amines is 1. The third-order valence-corrected chi connectivity index (χ3v) is 2.95. The average molecular weight is 282 g/mol. The molecule has 74 valence electrons. The summed E-state index contributed by atoms with van der Waals surface area (Å²) in [7, 11) is 0. The van der Waals surface area contributed by atoms with Crippen molar-refractivity contribution in [1.82, 2.24) is 4.98 Å². The normalized spacial score (nSPS) is 9.93. The van der Waals surface area contributed by atoms with Gasteiger partial charge in [-0.05, 0) is 33.6 Å². The number of hydrogen-bond acceptors (Lipinski definition) is 1. The zero-order valence-corrected chi connectivity index (χ0v) is 9.93. The van der Waals surface area contributed by atoms with E-state index in [1.165, 1.54) is 0 Å². The van der Waals surface area contributed by atoms with Crippen LogP contribution in [0.2, 0.25) is 5.02 Å². The predicted molar refractivity (Wildman–Crippen MR) is 63.7 cm³/mol. The molecular weight excluding hydrogens is 275 g/mol. The van der Waals surface area contributed by atoms with Crippen LogP contribution < -0.4 is 0 Å². The topological polar surface area (TPSA) is 39.6 Å². The van der Waals surface area contributed by atoms with E-state index in [0.29, 0.717) is 10.6 Å². The highest BCUT2D eigenvalue weighted by Crippen LogP contribution is 2.28. The SMILES string of the molecule is N#Cc1c(Br)c[nH]c1-c1ccc(Cl)cc1. The molecule has 0 unspecified atom stereocenters. The molecule has 0 spiro atoms. The number of aromatic nitrogens is 1. The molecule has 0 saturated heterocycles. The number of nitrogens with one attached hydrogen (secondary N) is 1. The summed E-state index contributed by atoms with van der Waals surface area (Å²) in [5, 5.41) is 9.66. The number of nitrogens with zero attached hydrogens (tertiary/aromatic N) is 1. The van der Waals surface area contributed by atoms with Crippen LogP contribution in [-0.2, 0) is 0 Å². The molecule has 0 aliphatic rings. The molecule has 0 aliphatic heterocycles. The highest BCUT2D eigenvalue weighted by atomic mass is 79.9. The first-order valence-electron chi connectivity index (χ1n) is 4.25. The van der Waals surface area contributed by atoms with Gasteiger partial charge in [0.1, 0.15) is 6.07 Å². The quantitative estimate of drug-likeness (QED) is 0.844. The molecule has 2 aromatic rings. The van der Waals surface area contributed by atoms with E-state index in [4.69, 9.17) is 16.9 Å². The third kappa shape index (κ3) is 1.92. The fraction of sp³-hybridized carbons (Fsp3) is 0. The molecule has 0 saturated carbocycles. The Hall–Kier alpha value is -1.24. The second-order valence-corrected chi connectivity index (χ2v) is 4.30. The Kier molecular flexibility index (Phi) is 2.81. The molecule has 2 nitrogen and oxygen atoms in total. The maximum Gasteiger partial charge on any atom is 0.103 e. The summed E-state index contributed by atoms with van der Waals surface area (Å²) in [6.07, 6.45) is 1.75. The van der Waals surface area contributed by atoms with Gasteiger partial charge in [-0.25, -0.2) is 0 Å². The van der Waals surface area contributed by atoms with E-state index in [-0.39, 0.29) is 0 Å². The lowest BCUT2D eigenvalue weighted by Crippen LogP contribution is -1.81. The van der Waals surface area contributed by atoms with Gasteiger partial charge in [-0.1, -0.05) is 23.7 Å². The first kappa shape index (κ1) is 10.3. The molecule has 0 radical (unpaired) electrons. The zero-order chi connectivity index (χ0) is 10.8. The van der Waals surface area contributed by atoms with Gasteiger partial charge in [0.2, 0.25) is 0 Å². The van der Waals surface area contributed by atoms with E-state index in [2.05, 4.69) is 27.0 Å². The molecule has 1 aromatic carbocycles. The molecular formula is C11H6BrClN2. The molecule has 1 aromatic heterocycles. The standard InChI is InChI=1S/C11H6BrClN2/c12-10-6-15-11(9(10)5-14)7-1-3-8(13)4-2-7/h1-4,6,15H. The number of hydrogen-bond donors (Lipinski definition) is 1. The summed E-state index contributed by atoms with van der Waals surface area (Å²) < 4.78 is 0.773. The van der Waals surface area contributed by atoms with Crippen LogP contribution in [0.1, 0.15) is 5.56 Å². The van der Waals surface area contributed by atoms with Crippen molar-refractivity contribution in [2.75, 3.05) is 0 Å². The molecule has 1 heterocycles. The fourth-order valence-corrected chi connectivity index (χ4v) is 1.88. The Morgan fingerprint density at radius 1 is 1.27 bits per heavy atom. The molecule has 4 heteroatoms. The van der Waals surface area contributed by atoms with Crippen molar-refractivity contribution in [2.24, 2.45) is 0 Å². The van der Waals surface area contributed by atoms with Gasteiger partial charge < -0.3 is 4.98 Å². The van der Waals surface area contributed by atoms with Crippen LogP contribution in [0.25, 0.3) is 11.3 Å². The summed E-state index contributed by atoms with van der Waals surface area (Å²) in [4.78, 5) is 3.05. The number of nitriles is 1. The van der Waals surface area contributed by atoms with Crippen molar-refractivity contribution in [3.05, 3.63) is 45.5 Å². The van der Waals surface area contributed by atoms with E-state index in [1.807, 2.05) is 12.1 Å². The van der Waals surface area contributed by atoms with Crippen LogP contribution in [0.3, 0.4) is 0 Å². The van der Waals surface area contributed by atoms with E-state index >= 15 is 0 Å². The van der Waals surface area contributed by atoms with Crippen molar-refractivity contribution in [3.8, 4) is 17.3 Å². The van der Waals surface area contributed by atoms with Crippen LogP contribution in [0.15, 0.2) is 34.9 Å². The van der Waals surface area contributed by atoms with E-state index in [1.54, 1.807) is 18.3 Å². The minimum Gasteiger partial charge on any atom is -0.359 e. The highest BCUT2D eigenvalue weighted by molar-refractivity contribution is 9.10. The Bertz CT molecular complexity index is 523. The number of halogens is 2. The lowest BCUT2D eigenvalue weighted by Gasteiger charge is -1.99. The van der Waals surface area contributed by atoms with Crippen LogP contribution in [0.5, 0.6) is 0 Å². The largest absolute Gasteiger partial charge is 0.359 e. The monoisotopic (exact) mass is 280 g/mol. The fourth-order valence-electron chi connectivity index (χ4n) is 1.35. The summed E-state index contributed by atoms with van der Waals surface area (Å²) in [5.41, 5.74) is 2.36. The molecule has 0 bridgehead atoms. The Morgan fingerprint density at radius 3 is 2.53 bits per heavy atom. The van der Waals surface area contributed by atoms with Crippen molar-refractivity contribution in [3.63, 3.8) is 0 Å². The van der Waals surface area contributed by atoms with E-state index < -0.39 is 0 Å². The summed E-state index contributed by atoms with van der Waals surface area (Å²) >= 11 is 9.10. The maximum absolute atomic E-state index is 8.98. The van der Waals surface area contributed by atoms with Gasteiger partial charge in [0.25, 0.3) is 0 Å². The number of rotatable bonds is 1. The summed E-state index contributed by atoms with van der Waals surface area (Å²) in [6.45, 7) is 0. The van der Waals surface area contributed by atoms with Gasteiger partial charge in [-0.15, -0.1) is 0 Å². The molecule has 0 fully saturated rings. The number of benzene rings is 1. The predicted octanol–water partition coefficient (Wildman–Crippen LogP) is 3.97. The minimum atomic E-state index is 0.609. The third-order valence-electron chi connectivity index (χ3n) is 2.08. The minimum absolute atomic E-state index is 0.609. The molecule has 0 aliphatic carbocycles. The Morgan fingerprint density at radius 2 is 1.93 bits per heavy atom. The van der Waals surface area contributed by atoms with Gasteiger partial charge in [-0.3, -0.25) is 0 Å². The first-order chi connectivity index (χ1) is 7.22. The lowest BCUT2D eigenvalue weighted by molar-refractivity contribution is 1.39. The Labute approximate surface area is 101 Å². The molecule has 0 atom stereocenters. The zero-order valence-electron chi connectivity index (χ0n) is 7.59. The van der Waals surface area contributed by atoms with Gasteiger partial charge in [-0.2, -0.15) is 5.26 Å². The first-order valence-corrected chi connectivity index (χ1v) is 5.42. The van der Waals surface area contributed by atoms with Crippen LogP contribution >= 0.6 is 27.5 Å². The van der Waals surface area contributed by atoms with Crippen LogP contribution in [-0.4, -0.2) is 4.98 Å². The van der Waals surface area contributed by atoms with Crippen molar-refractivity contribution < 1.29 is 0 Å². The lowest BCUT2D eigenvalue weighted by atomic mass is 10.1. The summed E-state index contributed by atoms with van der Waals surface area (Å²) in [6, 6.07) is 9.50. The van der Waals surface area contributed by atoms with Crippen LogP contribution in [0, 0.1) is 11.3 Å².